The van der Waals surface area contributed by atoms with Gasteiger partial charge in [-0.15, -0.1) is 0 Å². The van der Waals surface area contributed by atoms with Crippen LogP contribution < -0.4 is 11.0 Å². The fraction of sp³-hybridized carbons (Fsp3) is 0. The summed E-state index contributed by atoms with van der Waals surface area (Å²) in [6.07, 6.45) is 2.72. The minimum absolute atomic E-state index is 0.281. The zero-order valence-corrected chi connectivity index (χ0v) is 10.6. The number of hydrazone groups is 1. The number of rotatable bonds is 3. The van der Waals surface area contributed by atoms with Gasteiger partial charge in [0.2, 0.25) is 0 Å². The third-order valence-electron chi connectivity index (χ3n) is 2.09. The second-order valence-electron chi connectivity index (χ2n) is 3.32. The summed E-state index contributed by atoms with van der Waals surface area (Å²) in [5.41, 5.74) is 2.97. The van der Waals surface area contributed by atoms with Gasteiger partial charge < -0.3 is 0 Å². The predicted octanol–water partition coefficient (Wildman–Crippen LogP) is 2.12. The minimum atomic E-state index is -0.374. The summed E-state index contributed by atoms with van der Waals surface area (Å²) in [6.45, 7) is 0. The number of anilines is 1. The van der Waals surface area contributed by atoms with Gasteiger partial charge in [0.15, 0.2) is 0 Å². The van der Waals surface area contributed by atoms with E-state index in [4.69, 9.17) is 0 Å². The first-order valence-corrected chi connectivity index (χ1v) is 5.74. The lowest BCUT2D eigenvalue weighted by atomic mass is 10.2. The highest BCUT2D eigenvalue weighted by Gasteiger charge is 2.02. The van der Waals surface area contributed by atoms with E-state index in [1.54, 1.807) is 18.2 Å². The minimum Gasteiger partial charge on any atom is -0.275 e. The molecule has 2 aromatic rings. The van der Waals surface area contributed by atoms with Gasteiger partial charge in [0.1, 0.15) is 10.3 Å². The smallest absolute Gasteiger partial charge is 0.275 e. The largest absolute Gasteiger partial charge is 0.280 e. The first kappa shape index (κ1) is 12.4. The van der Waals surface area contributed by atoms with E-state index in [1.165, 1.54) is 18.5 Å². The van der Waals surface area contributed by atoms with Crippen LogP contribution in [-0.2, 0) is 0 Å². The highest BCUT2D eigenvalue weighted by atomic mass is 79.9. The van der Waals surface area contributed by atoms with Crippen molar-refractivity contribution in [3.63, 3.8) is 0 Å². The zero-order valence-electron chi connectivity index (χ0n) is 9.02. The average Bonchev–Trinajstić information content (AvgIpc) is 2.37. The monoisotopic (exact) mass is 310 g/mol. The van der Waals surface area contributed by atoms with Gasteiger partial charge in [-0.1, -0.05) is 18.2 Å². The first-order chi connectivity index (χ1) is 8.68. The van der Waals surface area contributed by atoms with E-state index in [9.17, 15) is 9.18 Å². The zero-order chi connectivity index (χ0) is 13.0. The number of hydrogen-bond acceptors (Lipinski definition) is 4. The topological polar surface area (TPSA) is 70.1 Å². The van der Waals surface area contributed by atoms with Crippen LogP contribution in [-0.4, -0.2) is 16.4 Å². The van der Waals surface area contributed by atoms with Crippen LogP contribution >= 0.6 is 15.9 Å². The van der Waals surface area contributed by atoms with Crippen LogP contribution in [0.4, 0.5) is 10.1 Å². The van der Waals surface area contributed by atoms with Gasteiger partial charge >= 0.3 is 0 Å². The van der Waals surface area contributed by atoms with Crippen molar-refractivity contribution in [2.24, 2.45) is 5.10 Å². The maximum absolute atomic E-state index is 13.3. The molecule has 0 saturated carbocycles. The molecule has 1 aromatic heterocycles. The molecule has 0 aliphatic heterocycles. The van der Waals surface area contributed by atoms with Crippen molar-refractivity contribution in [1.82, 2.24) is 10.2 Å². The number of benzene rings is 1. The molecule has 0 radical (unpaired) electrons. The lowest BCUT2D eigenvalue weighted by Crippen LogP contribution is -2.10. The predicted molar refractivity (Wildman–Crippen MR) is 70.2 cm³/mol. The van der Waals surface area contributed by atoms with Crippen LogP contribution in [0.3, 0.4) is 0 Å². The molecule has 0 saturated heterocycles. The third kappa shape index (κ3) is 2.80. The Morgan fingerprint density at radius 1 is 1.44 bits per heavy atom. The van der Waals surface area contributed by atoms with Crippen molar-refractivity contribution < 1.29 is 4.39 Å². The molecule has 5 nitrogen and oxygen atoms in total. The van der Waals surface area contributed by atoms with E-state index in [-0.39, 0.29) is 15.8 Å². The van der Waals surface area contributed by atoms with E-state index in [1.807, 2.05) is 0 Å². The van der Waals surface area contributed by atoms with Gasteiger partial charge in [-0.2, -0.15) is 10.2 Å². The van der Waals surface area contributed by atoms with E-state index in [2.05, 4.69) is 36.7 Å². The molecule has 2 N–H and O–H groups in total. The van der Waals surface area contributed by atoms with Crippen LogP contribution in [0.1, 0.15) is 5.56 Å². The molecular formula is C11H8BrFN4O. The van der Waals surface area contributed by atoms with Gasteiger partial charge in [0.25, 0.3) is 5.56 Å². The van der Waals surface area contributed by atoms with Gasteiger partial charge in [-0.25, -0.2) is 9.49 Å². The summed E-state index contributed by atoms with van der Waals surface area (Å²) in [7, 11) is 0. The van der Waals surface area contributed by atoms with Crippen molar-refractivity contribution in [3.05, 3.63) is 56.7 Å². The molecule has 1 aromatic carbocycles. The molecule has 1 heterocycles. The summed E-state index contributed by atoms with van der Waals surface area (Å²) in [5.74, 6) is -0.369. The molecule has 0 bridgehead atoms. The lowest BCUT2D eigenvalue weighted by molar-refractivity contribution is 0.626. The van der Waals surface area contributed by atoms with Crippen molar-refractivity contribution in [3.8, 4) is 0 Å². The van der Waals surface area contributed by atoms with Crippen molar-refractivity contribution in [2.75, 3.05) is 5.43 Å². The number of aromatic nitrogens is 2. The number of hydrogen-bond donors (Lipinski definition) is 2. The highest BCUT2D eigenvalue weighted by Crippen LogP contribution is 2.15. The van der Waals surface area contributed by atoms with Crippen LogP contribution in [0.25, 0.3) is 0 Å². The van der Waals surface area contributed by atoms with Crippen molar-refractivity contribution >= 4 is 27.8 Å². The summed E-state index contributed by atoms with van der Waals surface area (Å²) in [5, 5.41) is 9.70. The van der Waals surface area contributed by atoms with Gasteiger partial charge in [-0.3, -0.25) is 10.2 Å². The Bertz CT molecular complexity index is 641. The molecule has 92 valence electrons. The summed E-state index contributed by atoms with van der Waals surface area (Å²) < 4.78 is 13.5. The number of nitrogens with zero attached hydrogens (tertiary/aromatic N) is 2. The Hall–Kier alpha value is -2.02. The van der Waals surface area contributed by atoms with E-state index < -0.39 is 0 Å². The second kappa shape index (κ2) is 5.54. The molecule has 0 amide bonds. The number of aromatic amines is 1. The number of H-pyrrole nitrogens is 1. The fourth-order valence-corrected chi connectivity index (χ4v) is 1.49. The molecular weight excluding hydrogens is 303 g/mol. The molecule has 0 aliphatic rings. The normalized spacial score (nSPS) is 10.8. The molecule has 2 rings (SSSR count). The van der Waals surface area contributed by atoms with Gasteiger partial charge in [-0.05, 0) is 22.0 Å². The summed E-state index contributed by atoms with van der Waals surface area (Å²) >= 11 is 3.09. The quantitative estimate of drug-likeness (QED) is 0.674. The Kier molecular flexibility index (Phi) is 3.83. The van der Waals surface area contributed by atoms with Crippen LogP contribution in [0.2, 0.25) is 0 Å². The maximum atomic E-state index is 13.3. The summed E-state index contributed by atoms with van der Waals surface area (Å²) in [6, 6.07) is 6.23. The Balaban J connectivity index is 2.15. The second-order valence-corrected chi connectivity index (χ2v) is 4.11. The first-order valence-electron chi connectivity index (χ1n) is 4.95. The third-order valence-corrected chi connectivity index (χ3v) is 2.88. The number of nitrogens with one attached hydrogen (secondary N) is 2. The van der Waals surface area contributed by atoms with Crippen LogP contribution in [0, 0.1) is 5.82 Å². The van der Waals surface area contributed by atoms with Crippen molar-refractivity contribution in [1.29, 1.82) is 0 Å². The standard InChI is InChI=1S/C11H8BrFN4O/c12-10-9(6-15-17-11(10)18)16-14-5-7-3-1-2-4-8(7)13/h1-6H,(H2,16,17,18)/b14-5+. The maximum Gasteiger partial charge on any atom is 0.280 e. The Labute approximate surface area is 110 Å². The number of halogens is 2. The molecule has 7 heteroatoms. The van der Waals surface area contributed by atoms with E-state index in [0.717, 1.165) is 0 Å². The lowest BCUT2D eigenvalue weighted by Gasteiger charge is -2.00. The molecule has 0 aliphatic carbocycles. The Morgan fingerprint density at radius 3 is 3.00 bits per heavy atom. The molecule has 0 spiro atoms. The molecule has 0 atom stereocenters. The average molecular weight is 311 g/mol. The SMILES string of the molecule is O=c1[nH]ncc(N/N=C/c2ccccc2F)c1Br. The Morgan fingerprint density at radius 2 is 2.22 bits per heavy atom. The van der Waals surface area contributed by atoms with Gasteiger partial charge in [0, 0.05) is 5.56 Å². The molecule has 0 fully saturated rings. The molecule has 0 unspecified atom stereocenters. The van der Waals surface area contributed by atoms with Crippen molar-refractivity contribution in [2.45, 2.75) is 0 Å². The van der Waals surface area contributed by atoms with Crippen LogP contribution in [0.5, 0.6) is 0 Å². The molecule has 18 heavy (non-hydrogen) atoms. The van der Waals surface area contributed by atoms with Gasteiger partial charge in [0.05, 0.1) is 18.1 Å². The highest BCUT2D eigenvalue weighted by molar-refractivity contribution is 9.10. The summed E-state index contributed by atoms with van der Waals surface area (Å²) in [4.78, 5) is 11.2. The van der Waals surface area contributed by atoms with Crippen LogP contribution in [0.15, 0.2) is 44.8 Å². The van der Waals surface area contributed by atoms with E-state index in [0.29, 0.717) is 11.3 Å². The van der Waals surface area contributed by atoms with E-state index >= 15 is 0 Å². The fourth-order valence-electron chi connectivity index (χ4n) is 1.21.